The maximum atomic E-state index is 12.4. The van der Waals surface area contributed by atoms with E-state index in [0.29, 0.717) is 6.07 Å². The van der Waals surface area contributed by atoms with Crippen LogP contribution in [0.1, 0.15) is 15.9 Å². The van der Waals surface area contributed by atoms with Crippen molar-refractivity contribution in [2.75, 3.05) is 7.11 Å². The van der Waals surface area contributed by atoms with Gasteiger partial charge >= 0.3 is 12.1 Å². The van der Waals surface area contributed by atoms with E-state index in [1.807, 2.05) is 0 Å². The van der Waals surface area contributed by atoms with Gasteiger partial charge in [-0.15, -0.1) is 0 Å². The summed E-state index contributed by atoms with van der Waals surface area (Å²) in [7, 11) is 1.05. The van der Waals surface area contributed by atoms with E-state index in [0.717, 1.165) is 13.2 Å². The molecule has 7 heteroatoms. The number of ether oxygens (including phenoxy) is 1. The Hall–Kier alpha value is -1.43. The third-order valence-corrected chi connectivity index (χ3v) is 2.21. The first kappa shape index (κ1) is 12.6. The monoisotopic (exact) mass is 254 g/mol. The fourth-order valence-corrected chi connectivity index (χ4v) is 1.49. The normalized spacial score (nSPS) is 11.3. The number of aromatic carboxylic acids is 1. The number of benzene rings is 1. The number of alkyl halides is 3. The molecular formula is C9H6ClF3O3. The summed E-state index contributed by atoms with van der Waals surface area (Å²) in [6.45, 7) is 0. The highest BCUT2D eigenvalue weighted by Crippen LogP contribution is 2.40. The predicted molar refractivity (Wildman–Crippen MR) is 50.0 cm³/mol. The van der Waals surface area contributed by atoms with Crippen LogP contribution < -0.4 is 4.74 Å². The van der Waals surface area contributed by atoms with Gasteiger partial charge in [-0.1, -0.05) is 11.6 Å². The minimum Gasteiger partial charge on any atom is -0.494 e. The van der Waals surface area contributed by atoms with Gasteiger partial charge in [-0.05, 0) is 12.1 Å². The molecule has 0 saturated heterocycles. The Kier molecular flexibility index (Phi) is 3.32. The summed E-state index contributed by atoms with van der Waals surface area (Å²) in [6.07, 6.45) is -4.65. The van der Waals surface area contributed by atoms with Crippen LogP contribution in [0.3, 0.4) is 0 Å². The maximum Gasteiger partial charge on any atom is 0.417 e. The molecule has 0 unspecified atom stereocenters. The van der Waals surface area contributed by atoms with E-state index in [9.17, 15) is 18.0 Å². The molecule has 16 heavy (non-hydrogen) atoms. The highest BCUT2D eigenvalue weighted by molar-refractivity contribution is 6.33. The van der Waals surface area contributed by atoms with Gasteiger partial charge in [0.2, 0.25) is 0 Å². The second-order valence-corrected chi connectivity index (χ2v) is 3.19. The highest BCUT2D eigenvalue weighted by atomic mass is 35.5. The zero-order chi connectivity index (χ0) is 12.5. The number of carboxylic acids is 1. The molecule has 88 valence electrons. The Morgan fingerprint density at radius 1 is 1.44 bits per heavy atom. The van der Waals surface area contributed by atoms with Gasteiger partial charge in [-0.2, -0.15) is 13.2 Å². The van der Waals surface area contributed by atoms with Gasteiger partial charge in [0.25, 0.3) is 0 Å². The Morgan fingerprint density at radius 2 is 2.00 bits per heavy atom. The summed E-state index contributed by atoms with van der Waals surface area (Å²) in [6, 6.07) is 1.41. The number of carbonyl (C=O) groups is 1. The topological polar surface area (TPSA) is 46.5 Å². The first-order valence-electron chi connectivity index (χ1n) is 3.96. The zero-order valence-electron chi connectivity index (χ0n) is 7.93. The van der Waals surface area contributed by atoms with Crippen LogP contribution in [0.25, 0.3) is 0 Å². The maximum absolute atomic E-state index is 12.4. The largest absolute Gasteiger partial charge is 0.494 e. The molecule has 1 aromatic carbocycles. The smallest absolute Gasteiger partial charge is 0.417 e. The first-order chi connectivity index (χ1) is 7.29. The van der Waals surface area contributed by atoms with E-state index in [1.165, 1.54) is 0 Å². The molecule has 0 heterocycles. The summed E-state index contributed by atoms with van der Waals surface area (Å²) >= 11 is 5.43. The van der Waals surface area contributed by atoms with Crippen LogP contribution in [0.15, 0.2) is 12.1 Å². The van der Waals surface area contributed by atoms with Gasteiger partial charge in [0.1, 0.15) is 5.56 Å². The third-order valence-electron chi connectivity index (χ3n) is 1.84. The van der Waals surface area contributed by atoms with Crippen LogP contribution in [-0.4, -0.2) is 18.2 Å². The molecule has 0 saturated carbocycles. The van der Waals surface area contributed by atoms with E-state index < -0.39 is 34.0 Å². The number of methoxy groups -OCH3 is 1. The average molecular weight is 255 g/mol. The lowest BCUT2D eigenvalue weighted by Gasteiger charge is -2.13. The summed E-state index contributed by atoms with van der Waals surface area (Å²) in [4.78, 5) is 10.7. The van der Waals surface area contributed by atoms with Gasteiger partial charge in [0, 0.05) is 0 Å². The molecule has 0 radical (unpaired) electrons. The van der Waals surface area contributed by atoms with Crippen LogP contribution in [0, 0.1) is 0 Å². The molecule has 0 atom stereocenters. The molecule has 0 aliphatic carbocycles. The lowest BCUT2D eigenvalue weighted by atomic mass is 10.1. The SMILES string of the molecule is COc1c(C(=O)O)ccc(C(F)(F)F)c1Cl. The number of halogens is 4. The number of hydrogen-bond acceptors (Lipinski definition) is 2. The highest BCUT2D eigenvalue weighted by Gasteiger charge is 2.35. The summed E-state index contributed by atoms with van der Waals surface area (Å²) < 4.78 is 41.8. The molecule has 0 bridgehead atoms. The van der Waals surface area contributed by atoms with Crippen molar-refractivity contribution in [3.8, 4) is 5.75 Å². The standard InChI is InChI=1S/C9H6ClF3O3/c1-16-7-4(8(14)15)2-3-5(6(7)10)9(11,12)13/h2-3H,1H3,(H,14,15). The van der Waals surface area contributed by atoms with Crippen LogP contribution in [0.2, 0.25) is 5.02 Å². The van der Waals surface area contributed by atoms with Crippen molar-refractivity contribution >= 4 is 17.6 Å². The van der Waals surface area contributed by atoms with E-state index in [4.69, 9.17) is 16.7 Å². The Balaban J connectivity index is 3.46. The van der Waals surface area contributed by atoms with Crippen molar-refractivity contribution in [1.29, 1.82) is 0 Å². The van der Waals surface area contributed by atoms with E-state index >= 15 is 0 Å². The predicted octanol–water partition coefficient (Wildman–Crippen LogP) is 3.07. The Bertz CT molecular complexity index is 429. The number of carboxylic acid groups (broad SMARTS) is 1. The van der Waals surface area contributed by atoms with Gasteiger partial charge in [-0.3, -0.25) is 0 Å². The lowest BCUT2D eigenvalue weighted by molar-refractivity contribution is -0.137. The van der Waals surface area contributed by atoms with Crippen molar-refractivity contribution in [3.63, 3.8) is 0 Å². The van der Waals surface area contributed by atoms with Gasteiger partial charge < -0.3 is 9.84 Å². The fourth-order valence-electron chi connectivity index (χ4n) is 1.14. The third kappa shape index (κ3) is 2.21. The number of hydrogen-bond donors (Lipinski definition) is 1. The molecule has 1 rings (SSSR count). The number of rotatable bonds is 2. The molecule has 1 N–H and O–H groups in total. The van der Waals surface area contributed by atoms with Crippen LogP contribution in [0.5, 0.6) is 5.75 Å². The summed E-state index contributed by atoms with van der Waals surface area (Å²) in [5.41, 5.74) is -1.54. The zero-order valence-corrected chi connectivity index (χ0v) is 8.69. The molecular weight excluding hydrogens is 249 g/mol. The van der Waals surface area contributed by atoms with Crippen molar-refractivity contribution < 1.29 is 27.8 Å². The minimum absolute atomic E-state index is 0.416. The van der Waals surface area contributed by atoms with Crippen LogP contribution in [0.4, 0.5) is 13.2 Å². The summed E-state index contributed by atoms with van der Waals surface area (Å²) in [5.74, 6) is -1.91. The Labute approximate surface area is 93.4 Å². The van der Waals surface area contributed by atoms with Crippen LogP contribution >= 0.6 is 11.6 Å². The van der Waals surface area contributed by atoms with Crippen molar-refractivity contribution in [3.05, 3.63) is 28.3 Å². The van der Waals surface area contributed by atoms with Crippen molar-refractivity contribution in [2.24, 2.45) is 0 Å². The van der Waals surface area contributed by atoms with Gasteiger partial charge in [0.05, 0.1) is 17.7 Å². The minimum atomic E-state index is -4.65. The molecule has 3 nitrogen and oxygen atoms in total. The molecule has 0 aromatic heterocycles. The second-order valence-electron chi connectivity index (χ2n) is 2.81. The molecule has 1 aromatic rings. The van der Waals surface area contributed by atoms with Gasteiger partial charge in [-0.25, -0.2) is 4.79 Å². The molecule has 0 spiro atoms. The average Bonchev–Trinajstić information content (AvgIpc) is 2.14. The fraction of sp³-hybridized carbons (Fsp3) is 0.222. The Morgan fingerprint density at radius 3 is 2.38 bits per heavy atom. The molecule has 0 fully saturated rings. The van der Waals surface area contributed by atoms with E-state index in [-0.39, 0.29) is 0 Å². The molecule has 0 aliphatic heterocycles. The van der Waals surface area contributed by atoms with Gasteiger partial charge in [0.15, 0.2) is 5.75 Å². The van der Waals surface area contributed by atoms with E-state index in [1.54, 1.807) is 0 Å². The van der Waals surface area contributed by atoms with E-state index in [2.05, 4.69) is 4.74 Å². The quantitative estimate of drug-likeness (QED) is 0.882. The molecule has 0 aliphatic rings. The lowest BCUT2D eigenvalue weighted by Crippen LogP contribution is -2.09. The molecule has 0 amide bonds. The van der Waals surface area contributed by atoms with Crippen molar-refractivity contribution in [2.45, 2.75) is 6.18 Å². The second kappa shape index (κ2) is 4.21. The van der Waals surface area contributed by atoms with Crippen molar-refractivity contribution in [1.82, 2.24) is 0 Å². The van der Waals surface area contributed by atoms with Crippen LogP contribution in [-0.2, 0) is 6.18 Å². The summed E-state index contributed by atoms with van der Waals surface area (Å²) in [5, 5.41) is 7.94. The first-order valence-corrected chi connectivity index (χ1v) is 4.33.